The number of methoxy groups -OCH3 is 1. The van der Waals surface area contributed by atoms with Gasteiger partial charge in [-0.1, -0.05) is 30.4 Å². The van der Waals surface area contributed by atoms with Crippen LogP contribution in [0.25, 0.3) is 0 Å². The molecule has 1 N–H and O–H groups in total. The molecule has 2 heterocycles. The molecule has 27 heavy (non-hydrogen) atoms. The minimum atomic E-state index is -0.783. The van der Waals surface area contributed by atoms with Crippen LogP contribution < -0.4 is 4.74 Å². The van der Waals surface area contributed by atoms with Gasteiger partial charge in [0.1, 0.15) is 5.75 Å². The lowest BCUT2D eigenvalue weighted by atomic mass is 9.91. The Bertz CT molecular complexity index is 756. The van der Waals surface area contributed by atoms with E-state index in [4.69, 9.17) is 19.3 Å². The second kappa shape index (κ2) is 9.69. The minimum absolute atomic E-state index is 0.122. The summed E-state index contributed by atoms with van der Waals surface area (Å²) in [5.74, 6) is 0.139. The normalized spacial score (nSPS) is 22.8. The Labute approximate surface area is 163 Å². The molecule has 6 heteroatoms. The van der Waals surface area contributed by atoms with Crippen LogP contribution in [0, 0.1) is 5.92 Å². The number of carbonyl (C=O) groups is 1. The first kappa shape index (κ1) is 19.6. The van der Waals surface area contributed by atoms with E-state index in [1.54, 1.807) is 18.4 Å². The van der Waals surface area contributed by atoms with E-state index in [1.807, 2.05) is 53.2 Å². The molecule has 5 nitrogen and oxygen atoms in total. The SMILES string of the molecule is COc1ccccc1C1OC(c2ccsc2)OCC1C/C=C\CCC(=O)O. The van der Waals surface area contributed by atoms with Gasteiger partial charge in [0.25, 0.3) is 0 Å². The van der Waals surface area contributed by atoms with Crippen LogP contribution in [0.1, 0.15) is 42.8 Å². The molecule has 2 aromatic rings. The number of thiophene rings is 1. The molecule has 0 amide bonds. The summed E-state index contributed by atoms with van der Waals surface area (Å²) in [5, 5.41) is 12.8. The topological polar surface area (TPSA) is 65.0 Å². The van der Waals surface area contributed by atoms with Crippen LogP contribution >= 0.6 is 11.3 Å². The Hall–Kier alpha value is -2.15. The van der Waals surface area contributed by atoms with Gasteiger partial charge in [-0.2, -0.15) is 11.3 Å². The molecule has 1 aliphatic rings. The first-order valence-electron chi connectivity index (χ1n) is 8.98. The molecule has 1 saturated heterocycles. The van der Waals surface area contributed by atoms with E-state index in [-0.39, 0.29) is 18.4 Å². The molecule has 0 bridgehead atoms. The number of ether oxygens (including phenoxy) is 3. The van der Waals surface area contributed by atoms with E-state index in [0.29, 0.717) is 13.0 Å². The van der Waals surface area contributed by atoms with E-state index in [9.17, 15) is 4.79 Å². The molecule has 1 aliphatic heterocycles. The number of hydrogen-bond acceptors (Lipinski definition) is 5. The molecule has 3 rings (SSSR count). The summed E-state index contributed by atoms with van der Waals surface area (Å²) in [6.07, 6.45) is 4.80. The van der Waals surface area contributed by atoms with E-state index in [1.165, 1.54) is 0 Å². The van der Waals surface area contributed by atoms with Gasteiger partial charge in [-0.05, 0) is 35.7 Å². The fourth-order valence-corrected chi connectivity index (χ4v) is 3.84. The first-order valence-corrected chi connectivity index (χ1v) is 9.92. The lowest BCUT2D eigenvalue weighted by Crippen LogP contribution is -2.30. The highest BCUT2D eigenvalue weighted by Gasteiger charge is 2.34. The highest BCUT2D eigenvalue weighted by Crippen LogP contribution is 2.43. The van der Waals surface area contributed by atoms with Crippen molar-refractivity contribution in [2.75, 3.05) is 13.7 Å². The van der Waals surface area contributed by atoms with E-state index in [2.05, 4.69) is 0 Å². The first-order chi connectivity index (χ1) is 13.2. The third-order valence-electron chi connectivity index (χ3n) is 4.55. The van der Waals surface area contributed by atoms with Gasteiger partial charge in [-0.15, -0.1) is 0 Å². The Balaban J connectivity index is 1.76. The maximum absolute atomic E-state index is 10.6. The van der Waals surface area contributed by atoms with Crippen molar-refractivity contribution in [1.82, 2.24) is 0 Å². The van der Waals surface area contributed by atoms with Crippen molar-refractivity contribution >= 4 is 17.3 Å². The molecular weight excluding hydrogens is 364 g/mol. The molecule has 3 unspecified atom stereocenters. The van der Waals surface area contributed by atoms with Crippen molar-refractivity contribution in [2.24, 2.45) is 5.92 Å². The van der Waals surface area contributed by atoms with Crippen LogP contribution in [0.2, 0.25) is 0 Å². The third-order valence-corrected chi connectivity index (χ3v) is 5.25. The van der Waals surface area contributed by atoms with Gasteiger partial charge < -0.3 is 19.3 Å². The van der Waals surface area contributed by atoms with Gasteiger partial charge in [0.15, 0.2) is 6.29 Å². The lowest BCUT2D eigenvalue weighted by molar-refractivity contribution is -0.244. The van der Waals surface area contributed by atoms with Crippen molar-refractivity contribution in [2.45, 2.75) is 31.7 Å². The molecule has 0 spiro atoms. The van der Waals surface area contributed by atoms with Crippen molar-refractivity contribution in [3.63, 3.8) is 0 Å². The van der Waals surface area contributed by atoms with Crippen LogP contribution in [0.3, 0.4) is 0 Å². The van der Waals surface area contributed by atoms with Gasteiger partial charge in [0, 0.05) is 23.5 Å². The molecule has 144 valence electrons. The van der Waals surface area contributed by atoms with E-state index in [0.717, 1.165) is 23.3 Å². The fraction of sp³-hybridized carbons (Fsp3) is 0.381. The summed E-state index contributed by atoms with van der Waals surface area (Å²) in [6.45, 7) is 0.562. The van der Waals surface area contributed by atoms with E-state index < -0.39 is 12.3 Å². The van der Waals surface area contributed by atoms with Crippen LogP contribution in [-0.4, -0.2) is 24.8 Å². The number of hydrogen-bond donors (Lipinski definition) is 1. The average molecular weight is 388 g/mol. The second-order valence-corrected chi connectivity index (χ2v) is 7.20. The Morgan fingerprint density at radius 1 is 1.33 bits per heavy atom. The maximum atomic E-state index is 10.6. The van der Waals surface area contributed by atoms with Crippen molar-refractivity contribution in [3.05, 3.63) is 64.4 Å². The molecule has 0 aliphatic carbocycles. The number of carboxylic acid groups (broad SMARTS) is 1. The van der Waals surface area contributed by atoms with Crippen molar-refractivity contribution < 1.29 is 24.1 Å². The summed E-state index contributed by atoms with van der Waals surface area (Å²) >= 11 is 1.62. The zero-order chi connectivity index (χ0) is 19.1. The molecule has 1 aromatic carbocycles. The maximum Gasteiger partial charge on any atom is 0.303 e. The van der Waals surface area contributed by atoms with Crippen LogP contribution in [-0.2, 0) is 14.3 Å². The Morgan fingerprint density at radius 3 is 2.93 bits per heavy atom. The second-order valence-electron chi connectivity index (χ2n) is 6.42. The largest absolute Gasteiger partial charge is 0.496 e. The summed E-state index contributed by atoms with van der Waals surface area (Å²) in [5.41, 5.74) is 2.03. The Kier molecular flexibility index (Phi) is 7.04. The molecular formula is C21H24O5S. The predicted molar refractivity (Wildman–Crippen MR) is 104 cm³/mol. The number of benzene rings is 1. The van der Waals surface area contributed by atoms with Crippen LogP contribution in [0.15, 0.2) is 53.2 Å². The van der Waals surface area contributed by atoms with Gasteiger partial charge >= 0.3 is 5.97 Å². The quantitative estimate of drug-likeness (QED) is 0.647. The highest BCUT2D eigenvalue weighted by atomic mass is 32.1. The fourth-order valence-electron chi connectivity index (χ4n) is 3.18. The number of para-hydroxylation sites is 1. The number of aliphatic carboxylic acids is 1. The standard InChI is InChI=1S/C21H24O5S/c1-24-18-9-6-5-8-17(18)20-15(7-3-2-4-10-19(22)23)13-25-21(26-20)16-11-12-27-14-16/h2-3,5-6,8-9,11-12,14-15,20-21H,4,7,10,13H2,1H3,(H,22,23)/b3-2-. The Morgan fingerprint density at radius 2 is 2.19 bits per heavy atom. The van der Waals surface area contributed by atoms with Gasteiger partial charge in [-0.3, -0.25) is 4.79 Å². The average Bonchev–Trinajstić information content (AvgIpc) is 3.22. The van der Waals surface area contributed by atoms with Gasteiger partial charge in [-0.25, -0.2) is 0 Å². The van der Waals surface area contributed by atoms with Crippen LogP contribution in [0.4, 0.5) is 0 Å². The van der Waals surface area contributed by atoms with Crippen molar-refractivity contribution in [3.8, 4) is 5.75 Å². The molecule has 0 saturated carbocycles. The lowest BCUT2D eigenvalue weighted by Gasteiger charge is -2.37. The predicted octanol–water partition coefficient (Wildman–Crippen LogP) is 4.97. The number of allylic oxidation sites excluding steroid dienone is 2. The van der Waals surface area contributed by atoms with Crippen LogP contribution in [0.5, 0.6) is 5.75 Å². The van der Waals surface area contributed by atoms with Gasteiger partial charge in [0.05, 0.1) is 19.8 Å². The number of rotatable bonds is 8. The summed E-state index contributed by atoms with van der Waals surface area (Å²) in [7, 11) is 1.66. The molecule has 1 aromatic heterocycles. The minimum Gasteiger partial charge on any atom is -0.496 e. The summed E-state index contributed by atoms with van der Waals surface area (Å²) < 4.78 is 17.9. The smallest absolute Gasteiger partial charge is 0.303 e. The highest BCUT2D eigenvalue weighted by molar-refractivity contribution is 7.07. The summed E-state index contributed by atoms with van der Waals surface area (Å²) in [4.78, 5) is 10.6. The van der Waals surface area contributed by atoms with E-state index >= 15 is 0 Å². The molecule has 3 atom stereocenters. The molecule has 1 fully saturated rings. The summed E-state index contributed by atoms with van der Waals surface area (Å²) in [6, 6.07) is 9.91. The monoisotopic (exact) mass is 388 g/mol. The van der Waals surface area contributed by atoms with Gasteiger partial charge in [0.2, 0.25) is 0 Å². The van der Waals surface area contributed by atoms with Crippen molar-refractivity contribution in [1.29, 1.82) is 0 Å². The zero-order valence-corrected chi connectivity index (χ0v) is 16.1. The third kappa shape index (κ3) is 5.19. The molecule has 0 radical (unpaired) electrons. The number of carboxylic acids is 1. The zero-order valence-electron chi connectivity index (χ0n) is 15.2.